The maximum atomic E-state index is 9.98. The average Bonchev–Trinajstić information content (AvgIpc) is 3.60. The fourth-order valence-corrected chi connectivity index (χ4v) is 8.99. The van der Waals surface area contributed by atoms with Gasteiger partial charge in [-0.05, 0) is 136 Å². The Morgan fingerprint density at radius 2 is 1.58 bits per heavy atom. The molecule has 3 heterocycles. The Labute approximate surface area is 332 Å². The molecule has 0 unspecified atom stereocenters. The highest BCUT2D eigenvalue weighted by molar-refractivity contribution is 6.32. The summed E-state index contributed by atoms with van der Waals surface area (Å²) in [5.41, 5.74) is 8.45. The second-order valence-electron chi connectivity index (χ2n) is 16.0. The first-order valence-corrected chi connectivity index (χ1v) is 20.5. The summed E-state index contributed by atoms with van der Waals surface area (Å²) >= 11 is 6.91. The highest BCUT2D eigenvalue weighted by atomic mass is 35.5. The first-order chi connectivity index (χ1) is 26.8. The van der Waals surface area contributed by atoms with Crippen molar-refractivity contribution in [3.05, 3.63) is 105 Å². The molecule has 3 fully saturated rings. The lowest BCUT2D eigenvalue weighted by molar-refractivity contribution is 0.0658. The predicted octanol–water partition coefficient (Wildman–Crippen LogP) is 9.43. The van der Waals surface area contributed by atoms with E-state index < -0.39 is 0 Å². The molecule has 1 aliphatic carbocycles. The summed E-state index contributed by atoms with van der Waals surface area (Å²) < 4.78 is 19.2. The molecule has 4 aromatic rings. The number of likely N-dealkylation sites (tertiary alicyclic amines) is 2. The molecule has 1 spiro atoms. The SMILES string of the molecule is Cc1c(COc2cc(OCc3cncc(C#N)c3)c(CN3CCCCC3)cc2Cl)cccc1-c1cccc(OCCCN2CCC3(CCC(O)CC3)C2)c1C. The number of ether oxygens (including phenoxy) is 3. The zero-order chi connectivity index (χ0) is 38.2. The molecule has 0 amide bonds. The van der Waals surface area contributed by atoms with Crippen LogP contribution in [0.2, 0.25) is 5.02 Å². The summed E-state index contributed by atoms with van der Waals surface area (Å²) in [4.78, 5) is 9.25. The molecule has 8 nitrogen and oxygen atoms in total. The molecule has 0 radical (unpaired) electrons. The van der Waals surface area contributed by atoms with E-state index in [1.165, 1.54) is 25.7 Å². The molecule has 7 rings (SSSR count). The molecule has 1 N–H and O–H groups in total. The minimum atomic E-state index is -0.0942. The topological polar surface area (TPSA) is 91.1 Å². The van der Waals surface area contributed by atoms with Crippen LogP contribution in [0.4, 0.5) is 0 Å². The van der Waals surface area contributed by atoms with Crippen molar-refractivity contribution in [2.24, 2.45) is 5.41 Å². The number of hydrogen-bond donors (Lipinski definition) is 1. The van der Waals surface area contributed by atoms with Crippen molar-refractivity contribution in [3.8, 4) is 34.4 Å². The van der Waals surface area contributed by atoms with E-state index in [2.05, 4.69) is 71.1 Å². The predicted molar refractivity (Wildman–Crippen MR) is 218 cm³/mol. The van der Waals surface area contributed by atoms with Crippen LogP contribution in [0.25, 0.3) is 11.1 Å². The van der Waals surface area contributed by atoms with Crippen molar-refractivity contribution in [3.63, 3.8) is 0 Å². The van der Waals surface area contributed by atoms with Gasteiger partial charge >= 0.3 is 0 Å². The Hall–Kier alpha value is -4.13. The van der Waals surface area contributed by atoms with Gasteiger partial charge in [-0.3, -0.25) is 9.88 Å². The minimum Gasteiger partial charge on any atom is -0.493 e. The third-order valence-electron chi connectivity index (χ3n) is 12.1. The number of aromatic nitrogens is 1. The summed E-state index contributed by atoms with van der Waals surface area (Å²) in [6.45, 7) is 11.9. The fraction of sp³-hybridized carbons (Fsp3) is 0.478. The Bertz CT molecular complexity index is 1960. The number of aliphatic hydroxyl groups excluding tert-OH is 1. The largest absolute Gasteiger partial charge is 0.493 e. The third kappa shape index (κ3) is 9.82. The lowest BCUT2D eigenvalue weighted by Crippen LogP contribution is -2.33. The van der Waals surface area contributed by atoms with Gasteiger partial charge in [-0.15, -0.1) is 0 Å². The Balaban J connectivity index is 1.00. The van der Waals surface area contributed by atoms with Gasteiger partial charge in [-0.25, -0.2) is 0 Å². The molecule has 3 aromatic carbocycles. The molecular formula is C46H55ClN4O4. The van der Waals surface area contributed by atoms with Gasteiger partial charge in [-0.1, -0.05) is 48.4 Å². The maximum Gasteiger partial charge on any atom is 0.142 e. The van der Waals surface area contributed by atoms with Crippen molar-refractivity contribution in [1.29, 1.82) is 5.26 Å². The summed E-state index contributed by atoms with van der Waals surface area (Å²) in [7, 11) is 0. The molecule has 0 bridgehead atoms. The van der Waals surface area contributed by atoms with Crippen LogP contribution in [-0.2, 0) is 19.8 Å². The zero-order valence-corrected chi connectivity index (χ0v) is 33.3. The number of rotatable bonds is 14. The standard InChI is InChI=1S/C46H55ClN4O4/c1-33-37(31-55-45-25-44(54-30-36-23-35(26-48)27-49-28-36)38(24-42(45)47)29-50-18-4-3-5-19-50)9-6-10-40(33)41-11-7-12-43(34(41)2)53-22-8-20-51-21-17-46(32-51)15-13-39(52)14-16-46/h6-7,9-12,23-25,27-28,39,52H,3-5,8,13-22,29-32H2,1-2H3. The van der Waals surface area contributed by atoms with E-state index in [0.717, 1.165) is 122 Å². The number of halogens is 1. The van der Waals surface area contributed by atoms with Gasteiger partial charge < -0.3 is 24.2 Å². The Morgan fingerprint density at radius 1 is 0.818 bits per heavy atom. The molecule has 0 atom stereocenters. The lowest BCUT2D eigenvalue weighted by Gasteiger charge is -2.35. The molecule has 3 aliphatic rings. The summed E-state index contributed by atoms with van der Waals surface area (Å²) in [5, 5.41) is 19.9. The van der Waals surface area contributed by atoms with E-state index in [1.54, 1.807) is 18.5 Å². The summed E-state index contributed by atoms with van der Waals surface area (Å²) in [5.74, 6) is 2.22. The number of nitriles is 1. The highest BCUT2D eigenvalue weighted by Crippen LogP contribution is 2.44. The molecule has 55 heavy (non-hydrogen) atoms. The second kappa shape index (κ2) is 18.2. The number of piperidine rings is 1. The van der Waals surface area contributed by atoms with Crippen LogP contribution >= 0.6 is 11.6 Å². The van der Waals surface area contributed by atoms with Gasteiger partial charge in [0.2, 0.25) is 0 Å². The number of nitrogens with zero attached hydrogens (tertiary/aromatic N) is 4. The van der Waals surface area contributed by atoms with Crippen molar-refractivity contribution in [1.82, 2.24) is 14.8 Å². The quantitative estimate of drug-likeness (QED) is 0.127. The third-order valence-corrected chi connectivity index (χ3v) is 12.4. The van der Waals surface area contributed by atoms with Crippen molar-refractivity contribution >= 4 is 11.6 Å². The van der Waals surface area contributed by atoms with Gasteiger partial charge in [-0.2, -0.15) is 5.26 Å². The maximum absolute atomic E-state index is 9.98. The molecule has 2 aliphatic heterocycles. The monoisotopic (exact) mass is 762 g/mol. The summed E-state index contributed by atoms with van der Waals surface area (Å²) in [6, 6.07) is 20.6. The van der Waals surface area contributed by atoms with E-state index in [1.807, 2.05) is 12.1 Å². The van der Waals surface area contributed by atoms with Crippen molar-refractivity contribution in [2.45, 2.75) is 97.5 Å². The summed E-state index contributed by atoms with van der Waals surface area (Å²) in [6.07, 6.45) is 13.3. The fourth-order valence-electron chi connectivity index (χ4n) is 8.75. The van der Waals surface area contributed by atoms with Gasteiger partial charge in [0.15, 0.2) is 0 Å². The van der Waals surface area contributed by atoms with Crippen LogP contribution in [0, 0.1) is 30.6 Å². The Morgan fingerprint density at radius 3 is 2.38 bits per heavy atom. The zero-order valence-electron chi connectivity index (χ0n) is 32.5. The van der Waals surface area contributed by atoms with Gasteiger partial charge in [0.05, 0.1) is 23.3 Å². The number of aliphatic hydroxyl groups is 1. The van der Waals surface area contributed by atoms with Crippen LogP contribution in [0.5, 0.6) is 17.2 Å². The number of hydrogen-bond acceptors (Lipinski definition) is 8. The second-order valence-corrected chi connectivity index (χ2v) is 16.4. The molecule has 1 aromatic heterocycles. The van der Waals surface area contributed by atoms with E-state index >= 15 is 0 Å². The van der Waals surface area contributed by atoms with Crippen LogP contribution in [-0.4, -0.2) is 65.3 Å². The van der Waals surface area contributed by atoms with Crippen LogP contribution < -0.4 is 14.2 Å². The first kappa shape index (κ1) is 39.1. The van der Waals surface area contributed by atoms with Gasteiger partial charge in [0.1, 0.15) is 36.5 Å². The minimum absolute atomic E-state index is 0.0942. The van der Waals surface area contributed by atoms with Gasteiger partial charge in [0, 0.05) is 49.2 Å². The molecule has 290 valence electrons. The van der Waals surface area contributed by atoms with Crippen molar-refractivity contribution < 1.29 is 19.3 Å². The first-order valence-electron chi connectivity index (χ1n) is 20.2. The van der Waals surface area contributed by atoms with E-state index in [0.29, 0.717) is 35.0 Å². The molecular weight excluding hydrogens is 708 g/mol. The lowest BCUT2D eigenvalue weighted by atomic mass is 9.73. The Kier molecular flexibility index (Phi) is 13.0. The molecule has 1 saturated carbocycles. The average molecular weight is 763 g/mol. The molecule has 2 saturated heterocycles. The van der Waals surface area contributed by atoms with Crippen LogP contribution in [0.1, 0.15) is 91.2 Å². The normalized spacial score (nSPS) is 20.4. The molecule has 9 heteroatoms. The van der Waals surface area contributed by atoms with Crippen LogP contribution in [0.3, 0.4) is 0 Å². The van der Waals surface area contributed by atoms with E-state index in [4.69, 9.17) is 25.8 Å². The van der Waals surface area contributed by atoms with Gasteiger partial charge in [0.25, 0.3) is 0 Å². The highest BCUT2D eigenvalue weighted by Gasteiger charge is 2.40. The number of pyridine rings is 1. The van der Waals surface area contributed by atoms with Crippen molar-refractivity contribution in [2.75, 3.05) is 39.3 Å². The van der Waals surface area contributed by atoms with E-state index in [9.17, 15) is 10.4 Å². The number of benzene rings is 3. The van der Waals surface area contributed by atoms with E-state index in [-0.39, 0.29) is 12.7 Å². The smallest absolute Gasteiger partial charge is 0.142 e. The van der Waals surface area contributed by atoms with Crippen LogP contribution in [0.15, 0.2) is 67.0 Å².